The molecule has 1 N–H and O–H groups in total. The summed E-state index contributed by atoms with van der Waals surface area (Å²) in [5.74, 6) is 0. The number of aromatic nitrogens is 2. The predicted molar refractivity (Wildman–Crippen MR) is 99.5 cm³/mol. The van der Waals surface area contributed by atoms with Crippen molar-refractivity contribution in [3.63, 3.8) is 0 Å². The highest BCUT2D eigenvalue weighted by atomic mass is 79.9. The summed E-state index contributed by atoms with van der Waals surface area (Å²) in [6.07, 6.45) is 8.93. The van der Waals surface area contributed by atoms with Crippen molar-refractivity contribution in [2.45, 2.75) is 37.8 Å². The van der Waals surface area contributed by atoms with Gasteiger partial charge in [0.25, 0.3) is 5.56 Å². The number of fused-ring (bicyclic) bond motifs is 3. The Hall–Kier alpha value is -1.66. The lowest BCUT2D eigenvalue weighted by Gasteiger charge is -2.30. The second-order valence-electron chi connectivity index (χ2n) is 6.68. The molecule has 2 aliphatic rings. The van der Waals surface area contributed by atoms with Gasteiger partial charge in [-0.3, -0.25) is 9.36 Å². The van der Waals surface area contributed by atoms with Gasteiger partial charge in [0.1, 0.15) is 5.52 Å². The molecule has 24 heavy (non-hydrogen) atoms. The molecule has 6 heteroatoms. The van der Waals surface area contributed by atoms with E-state index in [1.807, 2.05) is 13.1 Å². The molecular weight excluding hydrogens is 370 g/mol. The number of anilines is 1. The summed E-state index contributed by atoms with van der Waals surface area (Å²) in [4.78, 5) is 19.8. The Morgan fingerprint density at radius 2 is 2.12 bits per heavy atom. The third kappa shape index (κ3) is 2.40. The Labute approximate surface area is 148 Å². The number of nitrogens with zero attached hydrogens (tertiary/aromatic N) is 3. The van der Waals surface area contributed by atoms with Crippen LogP contribution in [0.15, 0.2) is 27.7 Å². The summed E-state index contributed by atoms with van der Waals surface area (Å²) >= 11 is 3.59. The smallest absolute Gasteiger partial charge is 0.261 e. The minimum atomic E-state index is -0.470. The molecule has 1 aliphatic carbocycles. The molecule has 1 saturated carbocycles. The maximum atomic E-state index is 13.1. The topological polar surface area (TPSA) is 58.4 Å². The number of aliphatic hydroxyl groups excluding tert-OH is 1. The van der Waals surface area contributed by atoms with Crippen LogP contribution in [0.25, 0.3) is 17.0 Å². The van der Waals surface area contributed by atoms with Gasteiger partial charge < -0.3 is 10.0 Å². The number of halogens is 1. The highest BCUT2D eigenvalue weighted by Gasteiger charge is 2.27. The molecule has 0 unspecified atom stereocenters. The maximum absolute atomic E-state index is 13.1. The van der Waals surface area contributed by atoms with E-state index in [0.29, 0.717) is 5.39 Å². The van der Waals surface area contributed by atoms with E-state index < -0.39 is 6.10 Å². The van der Waals surface area contributed by atoms with Gasteiger partial charge in [-0.1, -0.05) is 40.9 Å². The van der Waals surface area contributed by atoms with E-state index >= 15 is 0 Å². The minimum Gasteiger partial charge on any atom is -0.391 e. The Morgan fingerprint density at radius 1 is 1.33 bits per heavy atom. The summed E-state index contributed by atoms with van der Waals surface area (Å²) in [6.45, 7) is 0.796. The fourth-order valence-electron chi connectivity index (χ4n) is 3.86. The zero-order valence-corrected chi connectivity index (χ0v) is 15.2. The van der Waals surface area contributed by atoms with Crippen molar-refractivity contribution < 1.29 is 5.11 Å². The second-order valence-corrected chi connectivity index (χ2v) is 7.53. The van der Waals surface area contributed by atoms with Crippen LogP contribution in [-0.4, -0.2) is 34.4 Å². The van der Waals surface area contributed by atoms with Crippen LogP contribution in [0.2, 0.25) is 0 Å². The lowest BCUT2D eigenvalue weighted by atomic mass is 9.92. The third-order valence-electron chi connectivity index (χ3n) is 5.14. The van der Waals surface area contributed by atoms with Crippen LogP contribution >= 0.6 is 15.9 Å². The number of likely N-dealkylation sites (N-methyl/N-ethyl adjacent to an activating group) is 1. The van der Waals surface area contributed by atoms with E-state index in [4.69, 9.17) is 0 Å². The number of rotatable bonds is 1. The molecule has 1 aromatic heterocycles. The summed E-state index contributed by atoms with van der Waals surface area (Å²) < 4.78 is 2.53. The van der Waals surface area contributed by atoms with Crippen LogP contribution in [0.4, 0.5) is 5.69 Å². The Kier molecular flexibility index (Phi) is 3.96. The van der Waals surface area contributed by atoms with Crippen molar-refractivity contribution in [2.75, 3.05) is 18.5 Å². The van der Waals surface area contributed by atoms with E-state index in [-0.39, 0.29) is 11.6 Å². The van der Waals surface area contributed by atoms with Crippen LogP contribution in [-0.2, 0) is 0 Å². The van der Waals surface area contributed by atoms with Crippen molar-refractivity contribution in [1.82, 2.24) is 9.55 Å². The third-order valence-corrected chi connectivity index (χ3v) is 5.79. The standard InChI is InChI=1S/C18H20BrN3O2/c1-21-8-4-5-11-13(19)9-12-16(17(11)21)20-10-22(18(12)24)14-6-2-3-7-15(14)23/h4-5,9-10,14-15,23H,2-3,6-8H2,1H3/t14-,15-/m0/s1. The van der Waals surface area contributed by atoms with E-state index in [0.717, 1.165) is 53.5 Å². The molecule has 2 heterocycles. The molecular formula is C18H20BrN3O2. The zero-order chi connectivity index (χ0) is 16.8. The predicted octanol–water partition coefficient (Wildman–Crippen LogP) is 3.10. The first-order chi connectivity index (χ1) is 11.6. The zero-order valence-electron chi connectivity index (χ0n) is 13.6. The van der Waals surface area contributed by atoms with Gasteiger partial charge in [0.2, 0.25) is 0 Å². The van der Waals surface area contributed by atoms with E-state index in [1.54, 1.807) is 10.9 Å². The highest BCUT2D eigenvalue weighted by molar-refractivity contribution is 9.10. The average Bonchev–Trinajstić information content (AvgIpc) is 2.57. The summed E-state index contributed by atoms with van der Waals surface area (Å²) in [7, 11) is 2.01. The van der Waals surface area contributed by atoms with E-state index in [2.05, 4.69) is 38.0 Å². The van der Waals surface area contributed by atoms with Gasteiger partial charge in [-0.05, 0) is 18.9 Å². The fraction of sp³-hybridized carbons (Fsp3) is 0.444. The van der Waals surface area contributed by atoms with Crippen LogP contribution in [0.3, 0.4) is 0 Å². The average molecular weight is 390 g/mol. The number of benzene rings is 1. The summed E-state index contributed by atoms with van der Waals surface area (Å²) in [5, 5.41) is 10.9. The molecule has 2 atom stereocenters. The van der Waals surface area contributed by atoms with Crippen LogP contribution in [0, 0.1) is 0 Å². The lowest BCUT2D eigenvalue weighted by Crippen LogP contribution is -2.35. The van der Waals surface area contributed by atoms with Gasteiger partial charge in [-0.25, -0.2) is 4.98 Å². The van der Waals surface area contributed by atoms with Crippen molar-refractivity contribution in [3.8, 4) is 0 Å². The van der Waals surface area contributed by atoms with Gasteiger partial charge in [-0.2, -0.15) is 0 Å². The quantitative estimate of drug-likeness (QED) is 0.813. The molecule has 126 valence electrons. The van der Waals surface area contributed by atoms with Crippen molar-refractivity contribution in [2.24, 2.45) is 0 Å². The maximum Gasteiger partial charge on any atom is 0.261 e. The molecule has 0 bridgehead atoms. The fourth-order valence-corrected chi connectivity index (χ4v) is 4.41. The summed E-state index contributed by atoms with van der Waals surface area (Å²) in [6, 6.07) is 1.69. The van der Waals surface area contributed by atoms with Crippen molar-refractivity contribution >= 4 is 38.6 Å². The van der Waals surface area contributed by atoms with Gasteiger partial charge >= 0.3 is 0 Å². The molecule has 0 saturated heterocycles. The molecule has 0 spiro atoms. The molecule has 5 nitrogen and oxygen atoms in total. The van der Waals surface area contributed by atoms with Crippen LogP contribution in [0.5, 0.6) is 0 Å². The van der Waals surface area contributed by atoms with Gasteiger partial charge in [-0.15, -0.1) is 0 Å². The number of hydrogen-bond acceptors (Lipinski definition) is 4. The molecule has 1 aromatic carbocycles. The SMILES string of the molecule is CN1CC=Cc2c(Br)cc3c(=O)n([C@H]4CCCC[C@@H]4O)cnc3c21. The largest absolute Gasteiger partial charge is 0.391 e. The lowest BCUT2D eigenvalue weighted by molar-refractivity contribution is 0.0735. The van der Waals surface area contributed by atoms with Crippen LogP contribution in [0.1, 0.15) is 37.3 Å². The van der Waals surface area contributed by atoms with Gasteiger partial charge in [0.05, 0.1) is 29.5 Å². The highest BCUT2D eigenvalue weighted by Crippen LogP contribution is 2.37. The molecule has 1 aliphatic heterocycles. The second kappa shape index (κ2) is 6.01. The normalized spacial score (nSPS) is 23.5. The molecule has 2 aromatic rings. The molecule has 1 fully saturated rings. The van der Waals surface area contributed by atoms with E-state index in [9.17, 15) is 9.90 Å². The van der Waals surface area contributed by atoms with Crippen LogP contribution < -0.4 is 10.5 Å². The Balaban J connectivity index is 1.94. The molecule has 0 radical (unpaired) electrons. The number of aliphatic hydroxyl groups is 1. The Bertz CT molecular complexity index is 890. The van der Waals surface area contributed by atoms with Gasteiger partial charge in [0, 0.05) is 23.6 Å². The van der Waals surface area contributed by atoms with Crippen molar-refractivity contribution in [1.29, 1.82) is 0 Å². The van der Waals surface area contributed by atoms with Gasteiger partial charge in [0.15, 0.2) is 0 Å². The van der Waals surface area contributed by atoms with E-state index in [1.165, 1.54) is 0 Å². The molecule has 0 amide bonds. The monoisotopic (exact) mass is 389 g/mol. The number of hydrogen-bond donors (Lipinski definition) is 1. The first-order valence-electron chi connectivity index (χ1n) is 8.37. The molecule has 4 rings (SSSR count). The first-order valence-corrected chi connectivity index (χ1v) is 9.16. The Morgan fingerprint density at radius 3 is 2.92 bits per heavy atom. The summed E-state index contributed by atoms with van der Waals surface area (Å²) in [5.41, 5.74) is 2.69. The minimum absolute atomic E-state index is 0.0718. The van der Waals surface area contributed by atoms with Crippen molar-refractivity contribution in [3.05, 3.63) is 38.9 Å². The first kappa shape index (κ1) is 15.8.